The number of hydrogen-bond acceptors (Lipinski definition) is 3. The zero-order valence-corrected chi connectivity index (χ0v) is 14.4. The van der Waals surface area contributed by atoms with E-state index >= 15 is 0 Å². The lowest BCUT2D eigenvalue weighted by Gasteiger charge is -2.20. The van der Waals surface area contributed by atoms with Gasteiger partial charge in [0.2, 0.25) is 5.91 Å². The van der Waals surface area contributed by atoms with Gasteiger partial charge in [-0.1, -0.05) is 41.4 Å². The number of benzene rings is 2. The summed E-state index contributed by atoms with van der Waals surface area (Å²) >= 11 is 6.22. The lowest BCUT2D eigenvalue weighted by Crippen LogP contribution is -2.27. The Hall–Kier alpha value is -2.20. The minimum Gasteiger partial charge on any atom is -0.486 e. The summed E-state index contributed by atoms with van der Waals surface area (Å²) in [6.07, 6.45) is 1.08. The van der Waals surface area contributed by atoms with E-state index in [9.17, 15) is 4.79 Å². The number of fused-ring (bicyclic) bond motifs is 1. The zero-order valence-electron chi connectivity index (χ0n) is 13.6. The number of hydrogen-bond donors (Lipinski definition) is 1. The van der Waals surface area contributed by atoms with E-state index < -0.39 is 0 Å². The molecule has 1 aliphatic heterocycles. The molecule has 0 bridgehead atoms. The molecule has 3 rings (SSSR count). The monoisotopic (exact) mass is 345 g/mol. The van der Waals surface area contributed by atoms with Gasteiger partial charge in [0.15, 0.2) is 11.5 Å². The van der Waals surface area contributed by atoms with E-state index in [0.717, 1.165) is 11.1 Å². The number of nitrogens with one attached hydrogen (secondary N) is 1. The number of rotatable bonds is 5. The normalized spacial score (nSPS) is 12.8. The molecule has 126 valence electrons. The number of aryl methyl sites for hydroxylation is 1. The van der Waals surface area contributed by atoms with Crippen molar-refractivity contribution in [3.8, 4) is 11.5 Å². The Morgan fingerprint density at radius 1 is 1.12 bits per heavy atom. The summed E-state index contributed by atoms with van der Waals surface area (Å²) in [6.45, 7) is 3.63. The van der Waals surface area contributed by atoms with Gasteiger partial charge in [-0.15, -0.1) is 0 Å². The van der Waals surface area contributed by atoms with Crippen LogP contribution in [0.2, 0.25) is 5.02 Å². The van der Waals surface area contributed by atoms with Gasteiger partial charge in [-0.25, -0.2) is 0 Å². The second-order valence-electron chi connectivity index (χ2n) is 5.86. The molecule has 24 heavy (non-hydrogen) atoms. The lowest BCUT2D eigenvalue weighted by atomic mass is 10.1. The Bertz CT molecular complexity index is 728. The number of carbonyl (C=O) groups is 1. The molecule has 1 amide bonds. The SMILES string of the molecule is Cc1ccc(CC(=O)NCCc2cc(Cl)c3c(c2)OCCO3)cc1. The largest absolute Gasteiger partial charge is 0.486 e. The topological polar surface area (TPSA) is 47.6 Å². The molecule has 2 aromatic rings. The Labute approximate surface area is 146 Å². The van der Waals surface area contributed by atoms with Gasteiger partial charge in [-0.3, -0.25) is 4.79 Å². The van der Waals surface area contributed by atoms with Crippen LogP contribution >= 0.6 is 11.6 Å². The standard InChI is InChI=1S/C19H20ClNO3/c1-13-2-4-14(5-3-13)12-18(22)21-7-6-15-10-16(20)19-17(11-15)23-8-9-24-19/h2-5,10-11H,6-9,12H2,1H3,(H,21,22). The number of halogens is 1. The third-order valence-electron chi connectivity index (χ3n) is 3.88. The van der Waals surface area contributed by atoms with Crippen molar-refractivity contribution >= 4 is 17.5 Å². The predicted octanol–water partition coefficient (Wildman–Crippen LogP) is 3.32. The van der Waals surface area contributed by atoms with Gasteiger partial charge in [0.1, 0.15) is 13.2 Å². The minimum atomic E-state index is 0.0162. The molecule has 4 nitrogen and oxygen atoms in total. The van der Waals surface area contributed by atoms with Crippen LogP contribution < -0.4 is 14.8 Å². The first-order valence-electron chi connectivity index (χ1n) is 8.02. The Balaban J connectivity index is 1.52. The first kappa shape index (κ1) is 16.7. The Morgan fingerprint density at radius 3 is 2.67 bits per heavy atom. The summed E-state index contributed by atoms with van der Waals surface area (Å²) in [5.74, 6) is 1.30. The van der Waals surface area contributed by atoms with Gasteiger partial charge >= 0.3 is 0 Å². The van der Waals surface area contributed by atoms with Crippen molar-refractivity contribution in [3.63, 3.8) is 0 Å². The van der Waals surface area contributed by atoms with E-state index in [-0.39, 0.29) is 5.91 Å². The van der Waals surface area contributed by atoms with Gasteiger partial charge in [0.25, 0.3) is 0 Å². The second kappa shape index (κ2) is 7.58. The van der Waals surface area contributed by atoms with Crippen molar-refractivity contribution in [2.24, 2.45) is 0 Å². The lowest BCUT2D eigenvalue weighted by molar-refractivity contribution is -0.120. The fraction of sp³-hybridized carbons (Fsp3) is 0.316. The molecule has 5 heteroatoms. The average Bonchev–Trinajstić information content (AvgIpc) is 2.57. The van der Waals surface area contributed by atoms with Crippen LogP contribution in [0.5, 0.6) is 11.5 Å². The highest BCUT2D eigenvalue weighted by molar-refractivity contribution is 6.32. The van der Waals surface area contributed by atoms with Crippen LogP contribution in [0.15, 0.2) is 36.4 Å². The van der Waals surface area contributed by atoms with Gasteiger partial charge in [0.05, 0.1) is 11.4 Å². The highest BCUT2D eigenvalue weighted by Crippen LogP contribution is 2.38. The van der Waals surface area contributed by atoms with Crippen LogP contribution in [0.4, 0.5) is 0 Å². The summed E-state index contributed by atoms with van der Waals surface area (Å²) < 4.78 is 11.1. The number of ether oxygens (including phenoxy) is 2. The van der Waals surface area contributed by atoms with Crippen molar-refractivity contribution < 1.29 is 14.3 Å². The molecular formula is C19H20ClNO3. The summed E-state index contributed by atoms with van der Waals surface area (Å²) in [4.78, 5) is 12.0. The molecule has 2 aromatic carbocycles. The van der Waals surface area contributed by atoms with E-state index in [1.807, 2.05) is 43.3 Å². The van der Waals surface area contributed by atoms with Crippen LogP contribution in [0.3, 0.4) is 0 Å². The molecule has 1 aliphatic rings. The first-order valence-corrected chi connectivity index (χ1v) is 8.40. The molecule has 0 saturated heterocycles. The van der Waals surface area contributed by atoms with E-state index in [1.54, 1.807) is 0 Å². The van der Waals surface area contributed by atoms with Crippen molar-refractivity contribution in [3.05, 3.63) is 58.1 Å². The molecule has 0 aliphatic carbocycles. The summed E-state index contributed by atoms with van der Waals surface area (Å²) in [6, 6.07) is 11.8. The zero-order chi connectivity index (χ0) is 16.9. The number of amides is 1. The molecule has 1 heterocycles. The van der Waals surface area contributed by atoms with Crippen LogP contribution in [-0.2, 0) is 17.6 Å². The Kier molecular flexibility index (Phi) is 5.26. The fourth-order valence-corrected chi connectivity index (χ4v) is 2.90. The van der Waals surface area contributed by atoms with E-state index in [0.29, 0.717) is 49.1 Å². The second-order valence-corrected chi connectivity index (χ2v) is 6.27. The molecule has 0 spiro atoms. The maximum Gasteiger partial charge on any atom is 0.224 e. The van der Waals surface area contributed by atoms with Gasteiger partial charge < -0.3 is 14.8 Å². The highest BCUT2D eigenvalue weighted by atomic mass is 35.5. The number of carbonyl (C=O) groups excluding carboxylic acids is 1. The maximum atomic E-state index is 12.0. The molecular weight excluding hydrogens is 326 g/mol. The molecule has 0 unspecified atom stereocenters. The highest BCUT2D eigenvalue weighted by Gasteiger charge is 2.16. The van der Waals surface area contributed by atoms with Crippen LogP contribution in [0.25, 0.3) is 0 Å². The predicted molar refractivity (Wildman–Crippen MR) is 94.0 cm³/mol. The van der Waals surface area contributed by atoms with Gasteiger partial charge in [-0.05, 0) is 36.6 Å². The first-order chi connectivity index (χ1) is 11.6. The van der Waals surface area contributed by atoms with Crippen molar-refractivity contribution in [2.75, 3.05) is 19.8 Å². The third kappa shape index (κ3) is 4.20. The smallest absolute Gasteiger partial charge is 0.224 e. The summed E-state index contributed by atoms with van der Waals surface area (Å²) in [5.41, 5.74) is 3.22. The van der Waals surface area contributed by atoms with Crippen molar-refractivity contribution in [2.45, 2.75) is 19.8 Å². The quantitative estimate of drug-likeness (QED) is 0.904. The van der Waals surface area contributed by atoms with E-state index in [2.05, 4.69) is 5.32 Å². The maximum absolute atomic E-state index is 12.0. The van der Waals surface area contributed by atoms with Crippen LogP contribution in [-0.4, -0.2) is 25.7 Å². The Morgan fingerprint density at radius 2 is 1.88 bits per heavy atom. The summed E-state index contributed by atoms with van der Waals surface area (Å²) in [7, 11) is 0. The van der Waals surface area contributed by atoms with Gasteiger partial charge in [0, 0.05) is 6.54 Å². The minimum absolute atomic E-state index is 0.0162. The van der Waals surface area contributed by atoms with Crippen LogP contribution in [0.1, 0.15) is 16.7 Å². The molecule has 1 N–H and O–H groups in total. The average molecular weight is 346 g/mol. The molecule has 0 aromatic heterocycles. The van der Waals surface area contributed by atoms with E-state index in [4.69, 9.17) is 21.1 Å². The molecule has 0 fully saturated rings. The fourth-order valence-electron chi connectivity index (χ4n) is 2.61. The van der Waals surface area contributed by atoms with E-state index in [1.165, 1.54) is 5.56 Å². The molecule has 0 radical (unpaired) electrons. The molecule has 0 atom stereocenters. The van der Waals surface area contributed by atoms with Crippen LogP contribution in [0, 0.1) is 6.92 Å². The van der Waals surface area contributed by atoms with Crippen molar-refractivity contribution in [1.29, 1.82) is 0 Å². The summed E-state index contributed by atoms with van der Waals surface area (Å²) in [5, 5.41) is 3.49. The molecule has 0 saturated carbocycles. The van der Waals surface area contributed by atoms with Crippen molar-refractivity contribution in [1.82, 2.24) is 5.32 Å². The third-order valence-corrected chi connectivity index (χ3v) is 4.16. The van der Waals surface area contributed by atoms with Gasteiger partial charge in [-0.2, -0.15) is 0 Å².